The summed E-state index contributed by atoms with van der Waals surface area (Å²) in [6, 6.07) is 3.20. The van der Waals surface area contributed by atoms with Crippen molar-refractivity contribution >= 4 is 5.97 Å². The van der Waals surface area contributed by atoms with E-state index in [1.54, 1.807) is 0 Å². The van der Waals surface area contributed by atoms with Gasteiger partial charge in [-0.2, -0.15) is 0 Å². The molecule has 2 nitrogen and oxygen atoms in total. The van der Waals surface area contributed by atoms with Crippen LogP contribution in [0.1, 0.15) is 12.0 Å². The van der Waals surface area contributed by atoms with E-state index in [1.165, 1.54) is 0 Å². The molecule has 0 amide bonds. The van der Waals surface area contributed by atoms with Gasteiger partial charge in [-0.1, -0.05) is 0 Å². The number of hydrogen-bond donors (Lipinski definition) is 0. The molecule has 1 aromatic carbocycles. The lowest BCUT2D eigenvalue weighted by Crippen LogP contribution is -2.20. The topological polar surface area (TPSA) is 26.3 Å². The van der Waals surface area contributed by atoms with E-state index in [0.717, 1.165) is 18.2 Å². The van der Waals surface area contributed by atoms with Crippen molar-refractivity contribution in [2.75, 3.05) is 6.61 Å². The van der Waals surface area contributed by atoms with Gasteiger partial charge < -0.3 is 4.74 Å². The molecule has 1 aliphatic carbocycles. The summed E-state index contributed by atoms with van der Waals surface area (Å²) in [7, 11) is 0. The molecule has 78 valence electrons. The van der Waals surface area contributed by atoms with E-state index in [1.807, 2.05) is 0 Å². The molecule has 2 fully saturated rings. The van der Waals surface area contributed by atoms with Crippen LogP contribution in [0.25, 0.3) is 0 Å². The fraction of sp³-hybridized carbons (Fsp3) is 0.364. The van der Waals surface area contributed by atoms with Gasteiger partial charge in [0.1, 0.15) is 17.0 Å². The number of esters is 1. The highest BCUT2D eigenvalue weighted by molar-refractivity contribution is 5.89. The Morgan fingerprint density at radius 2 is 2.20 bits per heavy atom. The molecule has 1 aromatic rings. The highest BCUT2D eigenvalue weighted by Crippen LogP contribution is 2.59. The van der Waals surface area contributed by atoms with Gasteiger partial charge in [0.05, 0.1) is 6.61 Å². The van der Waals surface area contributed by atoms with Crippen LogP contribution >= 0.6 is 0 Å². The van der Waals surface area contributed by atoms with Crippen molar-refractivity contribution < 1.29 is 18.3 Å². The zero-order valence-electron chi connectivity index (χ0n) is 7.80. The van der Waals surface area contributed by atoms with E-state index in [4.69, 9.17) is 4.74 Å². The molecule has 1 unspecified atom stereocenters. The van der Waals surface area contributed by atoms with Crippen LogP contribution < -0.4 is 0 Å². The number of hydrogen-bond acceptors (Lipinski definition) is 2. The van der Waals surface area contributed by atoms with Gasteiger partial charge >= 0.3 is 5.97 Å². The first-order valence-electron chi connectivity index (χ1n) is 4.77. The molecule has 4 heteroatoms. The van der Waals surface area contributed by atoms with Crippen LogP contribution in [0.2, 0.25) is 0 Å². The largest absolute Gasteiger partial charge is 0.465 e. The summed E-state index contributed by atoms with van der Waals surface area (Å²) in [4.78, 5) is 11.5. The van der Waals surface area contributed by atoms with E-state index in [-0.39, 0.29) is 11.5 Å². The highest BCUT2D eigenvalue weighted by atomic mass is 19.1. The first-order chi connectivity index (χ1) is 7.14. The number of fused-ring (bicyclic) bond motifs is 1. The minimum absolute atomic E-state index is 0.0290. The van der Waals surface area contributed by atoms with Crippen molar-refractivity contribution in [1.29, 1.82) is 0 Å². The molecule has 2 aliphatic rings. The number of benzene rings is 1. The summed E-state index contributed by atoms with van der Waals surface area (Å²) in [5, 5.41) is 0. The minimum atomic E-state index is -0.883. The Labute approximate surface area is 84.9 Å². The molecular weight excluding hydrogens is 202 g/mol. The molecule has 1 heterocycles. The molecule has 1 aliphatic heterocycles. The normalized spacial score (nSPS) is 32.4. The Kier molecular flexibility index (Phi) is 1.51. The molecule has 15 heavy (non-hydrogen) atoms. The van der Waals surface area contributed by atoms with Crippen LogP contribution in [0, 0.1) is 17.6 Å². The van der Waals surface area contributed by atoms with Gasteiger partial charge in [-0.3, -0.25) is 4.79 Å². The van der Waals surface area contributed by atoms with Crippen LogP contribution in [0.4, 0.5) is 8.78 Å². The van der Waals surface area contributed by atoms with Gasteiger partial charge in [0, 0.05) is 11.5 Å². The third-order valence-electron chi connectivity index (χ3n) is 3.29. The lowest BCUT2D eigenvalue weighted by Gasteiger charge is -2.10. The van der Waals surface area contributed by atoms with Gasteiger partial charge in [0.2, 0.25) is 0 Å². The van der Waals surface area contributed by atoms with Gasteiger partial charge in [-0.05, 0) is 24.6 Å². The number of carbonyl (C=O) groups excluding carboxylic acids is 1. The Hall–Kier alpha value is -1.45. The predicted octanol–water partition coefficient (Wildman–Crippen LogP) is 1.78. The van der Waals surface area contributed by atoms with Crippen molar-refractivity contribution in [3.63, 3.8) is 0 Å². The van der Waals surface area contributed by atoms with Crippen LogP contribution in [0.15, 0.2) is 18.2 Å². The van der Waals surface area contributed by atoms with Gasteiger partial charge in [-0.15, -0.1) is 0 Å². The zero-order valence-corrected chi connectivity index (χ0v) is 7.80. The Bertz CT molecular complexity index is 458. The molecular formula is C11H8F2O2. The van der Waals surface area contributed by atoms with Crippen molar-refractivity contribution in [3.05, 3.63) is 35.4 Å². The average molecular weight is 210 g/mol. The van der Waals surface area contributed by atoms with Crippen LogP contribution in [0.5, 0.6) is 0 Å². The minimum Gasteiger partial charge on any atom is -0.465 e. The van der Waals surface area contributed by atoms with Crippen molar-refractivity contribution in [1.82, 2.24) is 0 Å². The third kappa shape index (κ3) is 0.991. The van der Waals surface area contributed by atoms with Crippen molar-refractivity contribution in [2.24, 2.45) is 5.92 Å². The molecule has 3 rings (SSSR count). The number of ether oxygens (including phenoxy) is 1. The predicted molar refractivity (Wildman–Crippen MR) is 47.1 cm³/mol. The summed E-state index contributed by atoms with van der Waals surface area (Å²) in [6.45, 7) is 0.328. The lowest BCUT2D eigenvalue weighted by molar-refractivity contribution is -0.142. The maximum absolute atomic E-state index is 13.5. The van der Waals surface area contributed by atoms with Gasteiger partial charge in [0.15, 0.2) is 0 Å². The third-order valence-corrected chi connectivity index (χ3v) is 3.29. The quantitative estimate of drug-likeness (QED) is 0.660. The Balaban J connectivity index is 2.14. The van der Waals surface area contributed by atoms with Crippen LogP contribution in [0.3, 0.4) is 0 Å². The van der Waals surface area contributed by atoms with Crippen molar-refractivity contribution in [3.8, 4) is 0 Å². The smallest absolute Gasteiger partial charge is 0.317 e. The maximum atomic E-state index is 13.5. The molecule has 0 radical (unpaired) electrons. The number of carbonyl (C=O) groups is 1. The Morgan fingerprint density at radius 3 is 2.80 bits per heavy atom. The lowest BCUT2D eigenvalue weighted by atomic mass is 9.94. The number of cyclic esters (lactones) is 1. The summed E-state index contributed by atoms with van der Waals surface area (Å²) in [5.74, 6) is -1.44. The van der Waals surface area contributed by atoms with E-state index < -0.39 is 23.0 Å². The van der Waals surface area contributed by atoms with Crippen LogP contribution in [-0.4, -0.2) is 12.6 Å². The zero-order chi connectivity index (χ0) is 10.6. The molecule has 0 N–H and O–H groups in total. The molecule has 1 saturated heterocycles. The fourth-order valence-corrected chi connectivity index (χ4v) is 2.37. The first-order valence-corrected chi connectivity index (χ1v) is 4.77. The second-order valence-electron chi connectivity index (χ2n) is 4.10. The molecule has 0 aromatic heterocycles. The first kappa shape index (κ1) is 8.83. The monoisotopic (exact) mass is 210 g/mol. The van der Waals surface area contributed by atoms with E-state index in [2.05, 4.69) is 0 Å². The highest BCUT2D eigenvalue weighted by Gasteiger charge is 2.67. The number of rotatable bonds is 1. The Morgan fingerprint density at radius 1 is 1.40 bits per heavy atom. The van der Waals surface area contributed by atoms with Crippen molar-refractivity contribution in [2.45, 2.75) is 11.8 Å². The van der Waals surface area contributed by atoms with Crippen LogP contribution in [-0.2, 0) is 14.9 Å². The summed E-state index contributed by atoms with van der Waals surface area (Å²) in [5.41, 5.74) is -0.735. The molecule has 1 saturated carbocycles. The molecule has 0 spiro atoms. The molecule has 0 bridgehead atoms. The number of halogens is 2. The second kappa shape index (κ2) is 2.56. The summed E-state index contributed by atoms with van der Waals surface area (Å²) < 4.78 is 31.3. The van der Waals surface area contributed by atoms with E-state index in [0.29, 0.717) is 13.0 Å². The van der Waals surface area contributed by atoms with E-state index in [9.17, 15) is 13.6 Å². The maximum Gasteiger partial charge on any atom is 0.317 e. The summed E-state index contributed by atoms with van der Waals surface area (Å²) in [6.07, 6.45) is 0.576. The van der Waals surface area contributed by atoms with Gasteiger partial charge in [0.25, 0.3) is 0 Å². The summed E-state index contributed by atoms with van der Waals surface area (Å²) >= 11 is 0. The fourth-order valence-electron chi connectivity index (χ4n) is 2.37. The molecule has 2 atom stereocenters. The van der Waals surface area contributed by atoms with E-state index >= 15 is 0 Å². The SMILES string of the molecule is O=C1OCC2C[C@]12c1cc(F)ccc1F. The van der Waals surface area contributed by atoms with Gasteiger partial charge in [-0.25, -0.2) is 8.78 Å². The standard InChI is InChI=1S/C11H8F2O2/c12-7-1-2-9(13)8(3-7)11-4-6(11)5-15-10(11)14/h1-3,6H,4-5H2/t6?,11-/m0/s1. The second-order valence-corrected chi connectivity index (χ2v) is 4.10. The average Bonchev–Trinajstić information content (AvgIpc) is 2.87.